The maximum absolute atomic E-state index is 2.26. The molecule has 2 heteroatoms. The summed E-state index contributed by atoms with van der Waals surface area (Å²) in [5, 5.41) is 0. The summed E-state index contributed by atoms with van der Waals surface area (Å²) in [6, 6.07) is 0. The Kier molecular flexibility index (Phi) is 18.2. The molecule has 0 aliphatic heterocycles. The van der Waals surface area contributed by atoms with Gasteiger partial charge in [0, 0.05) is 0 Å². The van der Waals surface area contributed by atoms with Gasteiger partial charge in [0.25, 0.3) is 0 Å². The van der Waals surface area contributed by atoms with E-state index in [0.29, 0.717) is 0 Å². The van der Waals surface area contributed by atoms with Crippen molar-refractivity contribution in [3.63, 3.8) is 0 Å². The molecule has 0 unspecified atom stereocenters. The van der Waals surface area contributed by atoms with Crippen LogP contribution in [0.15, 0.2) is 0 Å². The summed E-state index contributed by atoms with van der Waals surface area (Å²) >= 11 is 0. The topological polar surface area (TPSA) is 0 Å². The van der Waals surface area contributed by atoms with Crippen LogP contribution in [0.1, 0.15) is 39.5 Å². The number of rotatable bonds is 6. The van der Waals surface area contributed by atoms with Gasteiger partial charge < -0.3 is 8.58 Å². The van der Waals surface area contributed by atoms with Gasteiger partial charge in [-0.1, -0.05) is 39.5 Å². The van der Waals surface area contributed by atoms with E-state index in [1.807, 2.05) is 0 Å². The molecule has 0 radical (unpaired) electrons. The molecule has 0 aromatic heterocycles. The summed E-state index contributed by atoms with van der Waals surface area (Å²) in [5.74, 6) is 0. The first-order valence-electron chi connectivity index (χ1n) is 4.05. The molecule has 0 aliphatic rings. The largest absolute Gasteiger partial charge is 1.00 e. The van der Waals surface area contributed by atoms with Crippen LogP contribution in [0.2, 0.25) is 0 Å². The summed E-state index contributed by atoms with van der Waals surface area (Å²) < 4.78 is 0. The molecule has 0 nitrogen and oxygen atoms in total. The van der Waals surface area contributed by atoms with Gasteiger partial charge >= 0.3 is 29.6 Å². The van der Waals surface area contributed by atoms with Gasteiger partial charge in [0.05, 0.1) is 0 Å². The van der Waals surface area contributed by atoms with Crippen LogP contribution >= 0.6 is 8.58 Å². The van der Waals surface area contributed by atoms with Crippen LogP contribution in [0, 0.1) is 0 Å². The normalized spacial score (nSPS) is 9.00. The zero-order chi connectivity index (χ0) is 6.95. The Balaban J connectivity index is 0. The molecule has 10 heavy (non-hydrogen) atoms. The summed E-state index contributed by atoms with van der Waals surface area (Å²) in [7, 11) is 1.67. The Labute approximate surface area is 89.6 Å². The van der Waals surface area contributed by atoms with Crippen molar-refractivity contribution in [2.24, 2.45) is 0 Å². The van der Waals surface area contributed by atoms with E-state index >= 15 is 0 Å². The number of unbranched alkanes of at least 4 members (excludes halogenated alkanes) is 2. The van der Waals surface area contributed by atoms with E-state index in [1.165, 1.54) is 38.0 Å². The van der Waals surface area contributed by atoms with Gasteiger partial charge in [0.1, 0.15) is 0 Å². The molecule has 0 rings (SSSR count). The first-order valence-corrected chi connectivity index (χ1v) is 5.31. The maximum atomic E-state index is 2.26. The third-order valence-corrected chi connectivity index (χ3v) is 2.60. The van der Waals surface area contributed by atoms with E-state index in [1.54, 1.807) is 8.58 Å². The second-order valence-corrected chi connectivity index (χ2v) is 3.72. The Hall–Kier alpha value is 1.43. The van der Waals surface area contributed by atoms with Crippen molar-refractivity contribution in [3.8, 4) is 0 Å². The summed E-state index contributed by atoms with van der Waals surface area (Å²) in [6.45, 7) is 4.52. The Morgan fingerprint density at radius 3 is 1.60 bits per heavy atom. The van der Waals surface area contributed by atoms with Crippen molar-refractivity contribution in [2.45, 2.75) is 39.5 Å². The van der Waals surface area contributed by atoms with Gasteiger partial charge in [-0.15, -0.1) is 0 Å². The molecule has 0 N–H and O–H groups in total. The number of hydrogen-bond acceptors (Lipinski definition) is 0. The molecule has 0 bridgehead atoms. The zero-order valence-corrected chi connectivity index (χ0v) is 10.6. The van der Waals surface area contributed by atoms with Crippen molar-refractivity contribution in [3.05, 3.63) is 0 Å². The van der Waals surface area contributed by atoms with Crippen LogP contribution in [0.3, 0.4) is 0 Å². The number of hydrogen-bond donors (Lipinski definition) is 0. The molecule has 0 saturated carbocycles. The third kappa shape index (κ3) is 12.1. The molecular weight excluding hydrogens is 150 g/mol. The monoisotopic (exact) mass is 168 g/mol. The van der Waals surface area contributed by atoms with E-state index in [4.69, 9.17) is 0 Å². The summed E-state index contributed by atoms with van der Waals surface area (Å²) in [4.78, 5) is 0. The molecule has 0 saturated heterocycles. The average molecular weight is 168 g/mol. The maximum Gasteiger partial charge on any atom is 1.00 e. The second kappa shape index (κ2) is 13.1. The molecule has 0 heterocycles. The smallest absolute Gasteiger partial charge is 0.540 e. The summed E-state index contributed by atoms with van der Waals surface area (Å²) in [6.07, 6.45) is 8.42. The fourth-order valence-electron chi connectivity index (χ4n) is 0.652. The average Bonchev–Trinajstić information content (AvgIpc) is 1.89. The Morgan fingerprint density at radius 2 is 1.30 bits per heavy atom. The molecule has 56 valence electrons. The van der Waals surface area contributed by atoms with Crippen molar-refractivity contribution >= 4 is 8.58 Å². The van der Waals surface area contributed by atoms with E-state index < -0.39 is 0 Å². The molecule has 0 atom stereocenters. The summed E-state index contributed by atoms with van der Waals surface area (Å²) in [5.41, 5.74) is 0. The quantitative estimate of drug-likeness (QED) is 0.308. The van der Waals surface area contributed by atoms with Crippen molar-refractivity contribution < 1.29 is 29.6 Å². The minimum absolute atomic E-state index is 0. The van der Waals surface area contributed by atoms with Crippen molar-refractivity contribution in [1.29, 1.82) is 0 Å². The molecule has 0 amide bonds. The van der Waals surface area contributed by atoms with Crippen LogP contribution < -0.4 is 29.6 Å². The van der Waals surface area contributed by atoms with Crippen molar-refractivity contribution in [2.75, 3.05) is 12.3 Å². The van der Waals surface area contributed by atoms with E-state index in [9.17, 15) is 0 Å². The fraction of sp³-hybridized carbons (Fsp3) is 1.00. The van der Waals surface area contributed by atoms with Crippen molar-refractivity contribution in [1.82, 2.24) is 0 Å². The standard InChI is InChI=1S/C8H18P.Na/c1-3-5-7-9-8-6-4-2;/h3-8H2,1-2H3;/q-1;+1. The Bertz CT molecular complexity index is 42.5. The van der Waals surface area contributed by atoms with Gasteiger partial charge in [-0.05, 0) is 0 Å². The first kappa shape index (κ1) is 14.0. The van der Waals surface area contributed by atoms with Gasteiger partial charge in [0.2, 0.25) is 0 Å². The first-order chi connectivity index (χ1) is 4.41. The van der Waals surface area contributed by atoms with E-state index in [-0.39, 0.29) is 29.6 Å². The SMILES string of the molecule is CCCC[P-]CCCC.[Na+]. The van der Waals surface area contributed by atoms with Crippen LogP contribution in [0.5, 0.6) is 0 Å². The predicted octanol–water partition coefficient (Wildman–Crippen LogP) is 0.537. The Morgan fingerprint density at radius 1 is 0.900 bits per heavy atom. The van der Waals surface area contributed by atoms with Gasteiger partial charge in [-0.25, -0.2) is 0 Å². The molecule has 0 aromatic rings. The van der Waals surface area contributed by atoms with Crippen LogP contribution in [-0.4, -0.2) is 12.3 Å². The zero-order valence-electron chi connectivity index (χ0n) is 7.69. The van der Waals surface area contributed by atoms with Crippen LogP contribution in [-0.2, 0) is 0 Å². The fourth-order valence-corrected chi connectivity index (χ4v) is 1.95. The second-order valence-electron chi connectivity index (χ2n) is 2.38. The molecule has 0 aliphatic carbocycles. The molecular formula is C8H18NaP. The predicted molar refractivity (Wildman–Crippen MR) is 46.5 cm³/mol. The molecule has 0 aromatic carbocycles. The van der Waals surface area contributed by atoms with Crippen LogP contribution in [0.4, 0.5) is 0 Å². The third-order valence-electron chi connectivity index (χ3n) is 1.34. The minimum Gasteiger partial charge on any atom is -0.540 e. The molecule has 0 fully saturated rings. The van der Waals surface area contributed by atoms with Gasteiger partial charge in [-0.2, -0.15) is 12.3 Å². The van der Waals surface area contributed by atoms with Gasteiger partial charge in [-0.3, -0.25) is 0 Å². The minimum atomic E-state index is 0. The van der Waals surface area contributed by atoms with E-state index in [0.717, 1.165) is 0 Å². The molecule has 0 spiro atoms. The van der Waals surface area contributed by atoms with Gasteiger partial charge in [0.15, 0.2) is 0 Å². The van der Waals surface area contributed by atoms with Crippen LogP contribution in [0.25, 0.3) is 0 Å². The van der Waals surface area contributed by atoms with E-state index in [2.05, 4.69) is 13.8 Å².